The number of aliphatic hydroxyl groups excluding tert-OH is 1. The average molecular weight is 487 g/mol. The second kappa shape index (κ2) is 9.49. The Labute approximate surface area is 201 Å². The van der Waals surface area contributed by atoms with Crippen LogP contribution in [0.25, 0.3) is 11.4 Å². The van der Waals surface area contributed by atoms with Gasteiger partial charge in [0.25, 0.3) is 6.43 Å². The van der Waals surface area contributed by atoms with E-state index in [1.54, 1.807) is 13.8 Å². The number of benzene rings is 1. The smallest absolute Gasteiger partial charge is 0.266 e. The number of piperidine rings is 1. The van der Waals surface area contributed by atoms with Gasteiger partial charge in [-0.25, -0.2) is 23.1 Å². The van der Waals surface area contributed by atoms with Gasteiger partial charge in [0.2, 0.25) is 0 Å². The molecule has 4 heterocycles. The first kappa shape index (κ1) is 23.6. The Balaban J connectivity index is 1.63. The number of aliphatic hydroxyl groups is 1. The van der Waals surface area contributed by atoms with Gasteiger partial charge in [-0.15, -0.1) is 0 Å². The number of fused-ring (bicyclic) bond motifs is 3. The molecule has 5 rings (SSSR count). The van der Waals surface area contributed by atoms with E-state index in [-0.39, 0.29) is 12.2 Å². The zero-order valence-corrected chi connectivity index (χ0v) is 19.8. The van der Waals surface area contributed by atoms with Crippen LogP contribution in [-0.4, -0.2) is 45.9 Å². The lowest BCUT2D eigenvalue weighted by atomic mass is 9.97. The van der Waals surface area contributed by atoms with Crippen molar-refractivity contribution in [1.82, 2.24) is 14.5 Å². The highest BCUT2D eigenvalue weighted by Crippen LogP contribution is 2.37. The number of hydrogen-bond donors (Lipinski definition) is 2. The monoisotopic (exact) mass is 486 g/mol. The van der Waals surface area contributed by atoms with E-state index >= 15 is 0 Å². The summed E-state index contributed by atoms with van der Waals surface area (Å²) in [5, 5.41) is 13.0. The molecule has 1 aromatic carbocycles. The van der Waals surface area contributed by atoms with Crippen molar-refractivity contribution in [2.75, 3.05) is 36.5 Å². The van der Waals surface area contributed by atoms with Crippen molar-refractivity contribution in [3.8, 4) is 11.4 Å². The molecule has 1 aromatic rings. The number of alkyl halides is 2. The Morgan fingerprint density at radius 2 is 1.91 bits per heavy atom. The molecule has 10 heteroatoms. The molecular weight excluding hydrogens is 457 g/mol. The van der Waals surface area contributed by atoms with E-state index < -0.39 is 23.8 Å². The number of anilines is 2. The molecule has 4 aliphatic rings. The van der Waals surface area contributed by atoms with E-state index in [9.17, 15) is 18.3 Å². The van der Waals surface area contributed by atoms with E-state index in [1.807, 2.05) is 6.07 Å². The normalized spacial score (nSPS) is 17.8. The highest BCUT2D eigenvalue weighted by molar-refractivity contribution is 5.77. The maximum absolute atomic E-state index is 14.8. The standard InChI is InChI=1S/C25H29F3N6O/c1-14(17-4-3-5-18(21(17)26)22(27)28)30-23-19-12-20(33-9-6-16(13-35)7-10-33)25-29-8-11-34(25)24(19)32-15(2)31-23/h3-5,12,14,16,22,29,35H,6-11,13H2,1-2H3/t14-/m1/s1. The number of hydrogen-bond acceptors (Lipinski definition) is 6. The van der Waals surface area contributed by atoms with Gasteiger partial charge >= 0.3 is 0 Å². The first-order valence-corrected chi connectivity index (χ1v) is 12.0. The van der Waals surface area contributed by atoms with Crippen molar-refractivity contribution in [2.45, 2.75) is 45.7 Å². The molecule has 186 valence electrons. The molecule has 2 N–H and O–H groups in total. The van der Waals surface area contributed by atoms with Gasteiger partial charge in [-0.1, -0.05) is 18.2 Å². The predicted molar refractivity (Wildman–Crippen MR) is 127 cm³/mol. The largest absolute Gasteiger partial charge is 0.396 e. The predicted octanol–water partition coefficient (Wildman–Crippen LogP) is 4.06. The number of nitrogens with one attached hydrogen (secondary N) is 1. The topological polar surface area (TPSA) is 78.6 Å². The third-order valence-corrected chi connectivity index (χ3v) is 6.97. The van der Waals surface area contributed by atoms with Crippen LogP contribution in [0.3, 0.4) is 0 Å². The van der Waals surface area contributed by atoms with Crippen LogP contribution in [0.1, 0.15) is 49.2 Å². The summed E-state index contributed by atoms with van der Waals surface area (Å²) in [7, 11) is 0. The summed E-state index contributed by atoms with van der Waals surface area (Å²) in [6.07, 6.45) is -1.08. The van der Waals surface area contributed by atoms with Gasteiger partial charge in [0.1, 0.15) is 23.3 Å². The van der Waals surface area contributed by atoms with Crippen LogP contribution >= 0.6 is 0 Å². The Kier molecular flexibility index (Phi) is 6.39. The molecule has 35 heavy (non-hydrogen) atoms. The minimum Gasteiger partial charge on any atom is -0.396 e. The average Bonchev–Trinajstić information content (AvgIpc) is 3.34. The maximum atomic E-state index is 14.8. The molecule has 0 radical (unpaired) electrons. The molecule has 0 aromatic heterocycles. The highest BCUT2D eigenvalue weighted by Gasteiger charge is 2.28. The van der Waals surface area contributed by atoms with Crippen molar-refractivity contribution < 1.29 is 18.3 Å². The molecule has 1 fully saturated rings. The minimum atomic E-state index is -2.90. The zero-order valence-electron chi connectivity index (χ0n) is 19.8. The maximum Gasteiger partial charge on any atom is 0.266 e. The molecule has 0 amide bonds. The van der Waals surface area contributed by atoms with E-state index in [0.29, 0.717) is 17.2 Å². The van der Waals surface area contributed by atoms with Crippen molar-refractivity contribution in [3.05, 3.63) is 52.5 Å². The summed E-state index contributed by atoms with van der Waals surface area (Å²) < 4.78 is 43.4. The second-order valence-corrected chi connectivity index (χ2v) is 9.26. The van der Waals surface area contributed by atoms with E-state index in [2.05, 4.69) is 24.8 Å². The molecule has 0 unspecified atom stereocenters. The first-order valence-electron chi connectivity index (χ1n) is 12.0. The van der Waals surface area contributed by atoms with Gasteiger partial charge in [-0.2, -0.15) is 0 Å². The molecule has 0 saturated carbocycles. The summed E-state index contributed by atoms with van der Waals surface area (Å²) in [6, 6.07) is 5.32. The summed E-state index contributed by atoms with van der Waals surface area (Å²) in [5.74, 6) is 1.65. The molecule has 0 bridgehead atoms. The number of rotatable bonds is 5. The molecule has 0 spiro atoms. The highest BCUT2D eigenvalue weighted by atomic mass is 19.3. The number of nitrogens with zero attached hydrogens (tertiary/aromatic N) is 5. The Morgan fingerprint density at radius 3 is 2.63 bits per heavy atom. The van der Waals surface area contributed by atoms with Crippen LogP contribution in [-0.2, 0) is 6.54 Å². The summed E-state index contributed by atoms with van der Waals surface area (Å²) >= 11 is 0. The van der Waals surface area contributed by atoms with Crippen molar-refractivity contribution in [2.24, 2.45) is 10.9 Å². The first-order chi connectivity index (χ1) is 16.9. The molecule has 1 saturated heterocycles. The fourth-order valence-electron chi connectivity index (χ4n) is 5.03. The molecule has 1 atom stereocenters. The van der Waals surface area contributed by atoms with Crippen LogP contribution in [0.15, 0.2) is 29.3 Å². The lowest BCUT2D eigenvalue weighted by Gasteiger charge is -2.34. The van der Waals surface area contributed by atoms with Crippen LogP contribution in [0, 0.1) is 18.7 Å². The van der Waals surface area contributed by atoms with Gasteiger partial charge in [0, 0.05) is 38.3 Å². The molecular formula is C25H29F3N6O. The Morgan fingerprint density at radius 1 is 1.17 bits per heavy atom. The van der Waals surface area contributed by atoms with E-state index in [1.165, 1.54) is 12.1 Å². The SMILES string of the molecule is Cc1nc2n3c(c(N4CCC(CO)CC4)cc-2c(=N[C@H](C)c2cccc(C(F)F)c2F)n1)NCC3. The van der Waals surface area contributed by atoms with Crippen molar-refractivity contribution in [3.63, 3.8) is 0 Å². The molecule has 0 aliphatic carbocycles. The van der Waals surface area contributed by atoms with Crippen molar-refractivity contribution >= 4 is 11.5 Å². The van der Waals surface area contributed by atoms with Gasteiger partial charge < -0.3 is 19.9 Å². The fourth-order valence-corrected chi connectivity index (χ4v) is 5.03. The number of aromatic nitrogens is 3. The van der Waals surface area contributed by atoms with Crippen molar-refractivity contribution in [1.29, 1.82) is 0 Å². The van der Waals surface area contributed by atoms with Crippen LogP contribution in [0.4, 0.5) is 24.7 Å². The number of aryl methyl sites for hydroxylation is 1. The van der Waals surface area contributed by atoms with Gasteiger partial charge in [0.05, 0.1) is 22.9 Å². The summed E-state index contributed by atoms with van der Waals surface area (Å²) in [4.78, 5) is 16.2. The molecule has 7 nitrogen and oxygen atoms in total. The van der Waals surface area contributed by atoms with Crippen LogP contribution in [0.2, 0.25) is 0 Å². The van der Waals surface area contributed by atoms with Gasteiger partial charge in [-0.05, 0) is 38.7 Å². The van der Waals surface area contributed by atoms with Gasteiger partial charge in [0.15, 0.2) is 5.49 Å². The Bertz CT molecular complexity index is 1270. The fraction of sp³-hybridized carbons (Fsp3) is 0.480. The third-order valence-electron chi connectivity index (χ3n) is 6.97. The van der Waals surface area contributed by atoms with E-state index in [4.69, 9.17) is 4.99 Å². The van der Waals surface area contributed by atoms with Gasteiger partial charge in [-0.3, -0.25) is 4.99 Å². The lowest BCUT2D eigenvalue weighted by Crippen LogP contribution is -2.35. The third kappa shape index (κ3) is 4.35. The summed E-state index contributed by atoms with van der Waals surface area (Å²) in [6.45, 7) is 6.83. The number of halogens is 3. The number of pyridine rings is 1. The Hall–Kier alpha value is -3.14. The second-order valence-electron chi connectivity index (χ2n) is 9.26. The quantitative estimate of drug-likeness (QED) is 0.569. The zero-order chi connectivity index (χ0) is 24.7. The lowest BCUT2D eigenvalue weighted by molar-refractivity contribution is 0.146. The van der Waals surface area contributed by atoms with E-state index in [0.717, 1.165) is 68.0 Å². The van der Waals surface area contributed by atoms with Crippen LogP contribution < -0.4 is 15.7 Å². The van der Waals surface area contributed by atoms with Crippen LogP contribution in [0.5, 0.6) is 0 Å². The molecule has 4 aliphatic heterocycles. The minimum absolute atomic E-state index is 0.106. The summed E-state index contributed by atoms with van der Waals surface area (Å²) in [5.41, 5.74) is 1.65.